The molecule has 0 aliphatic rings. The van der Waals surface area contributed by atoms with Crippen LogP contribution < -0.4 is 5.32 Å². The molecule has 1 aromatic heterocycles. The lowest BCUT2D eigenvalue weighted by Gasteiger charge is -2.19. The van der Waals surface area contributed by atoms with E-state index in [4.69, 9.17) is 0 Å². The van der Waals surface area contributed by atoms with E-state index in [9.17, 15) is 0 Å². The second kappa shape index (κ2) is 6.04. The minimum absolute atomic E-state index is 0.560. The zero-order chi connectivity index (χ0) is 12.1. The van der Waals surface area contributed by atoms with E-state index in [1.54, 1.807) is 0 Å². The Morgan fingerprint density at radius 3 is 2.62 bits per heavy atom. The molecule has 2 atom stereocenters. The Bertz CT molecular complexity index is 317. The average molecular weight is 223 g/mol. The Balaban J connectivity index is 2.59. The molecule has 1 heterocycles. The first kappa shape index (κ1) is 13.2. The zero-order valence-electron chi connectivity index (χ0n) is 11.2. The van der Waals surface area contributed by atoms with Crippen molar-refractivity contribution in [3.05, 3.63) is 17.5 Å². The van der Waals surface area contributed by atoms with Crippen LogP contribution in [0.5, 0.6) is 0 Å². The molecular weight excluding hydrogens is 198 g/mol. The quantitative estimate of drug-likeness (QED) is 0.802. The van der Waals surface area contributed by atoms with Crippen LogP contribution in [0.1, 0.15) is 38.1 Å². The smallest absolute Gasteiger partial charge is 0.0596 e. The molecule has 1 aromatic rings. The Morgan fingerprint density at radius 1 is 1.50 bits per heavy atom. The van der Waals surface area contributed by atoms with Gasteiger partial charge in [0.1, 0.15) is 0 Å². The molecule has 3 heteroatoms. The third kappa shape index (κ3) is 3.63. The van der Waals surface area contributed by atoms with Gasteiger partial charge >= 0.3 is 0 Å². The van der Waals surface area contributed by atoms with Crippen molar-refractivity contribution in [2.75, 3.05) is 7.05 Å². The summed E-state index contributed by atoms with van der Waals surface area (Å²) >= 11 is 0. The molecule has 0 saturated carbocycles. The Morgan fingerprint density at radius 2 is 2.19 bits per heavy atom. The number of nitrogens with one attached hydrogen (secondary N) is 1. The van der Waals surface area contributed by atoms with Crippen LogP contribution in [0.15, 0.2) is 6.07 Å². The summed E-state index contributed by atoms with van der Waals surface area (Å²) in [5.41, 5.74) is 2.43. The molecule has 2 unspecified atom stereocenters. The summed E-state index contributed by atoms with van der Waals surface area (Å²) in [6, 6.07) is 2.74. The molecule has 0 bridgehead atoms. The highest BCUT2D eigenvalue weighted by Gasteiger charge is 2.13. The molecular formula is C13H25N3. The highest BCUT2D eigenvalue weighted by molar-refractivity contribution is 5.10. The van der Waals surface area contributed by atoms with E-state index in [1.165, 1.54) is 18.5 Å². The van der Waals surface area contributed by atoms with Crippen LogP contribution in [0.4, 0.5) is 0 Å². The first-order valence-electron chi connectivity index (χ1n) is 6.23. The van der Waals surface area contributed by atoms with Crippen molar-refractivity contribution in [3.8, 4) is 0 Å². The number of rotatable bonds is 6. The number of hydrogen-bond donors (Lipinski definition) is 1. The molecule has 3 nitrogen and oxygen atoms in total. The molecule has 0 saturated heterocycles. The molecule has 1 rings (SSSR count). The summed E-state index contributed by atoms with van der Waals surface area (Å²) in [6.45, 7) is 6.62. The van der Waals surface area contributed by atoms with E-state index in [1.807, 2.05) is 18.7 Å². The van der Waals surface area contributed by atoms with Crippen molar-refractivity contribution in [1.82, 2.24) is 15.1 Å². The number of hydrogen-bond acceptors (Lipinski definition) is 2. The van der Waals surface area contributed by atoms with Crippen molar-refractivity contribution < 1.29 is 0 Å². The van der Waals surface area contributed by atoms with Gasteiger partial charge in [0.05, 0.1) is 5.69 Å². The fraction of sp³-hybridized carbons (Fsp3) is 0.769. The van der Waals surface area contributed by atoms with Gasteiger partial charge < -0.3 is 5.32 Å². The maximum Gasteiger partial charge on any atom is 0.0596 e. The van der Waals surface area contributed by atoms with Gasteiger partial charge in [-0.25, -0.2) is 0 Å². The fourth-order valence-corrected chi connectivity index (χ4v) is 2.06. The van der Waals surface area contributed by atoms with Gasteiger partial charge in [-0.3, -0.25) is 4.68 Å². The summed E-state index contributed by atoms with van der Waals surface area (Å²) in [6.07, 6.45) is 3.55. The van der Waals surface area contributed by atoms with Crippen molar-refractivity contribution in [3.63, 3.8) is 0 Å². The summed E-state index contributed by atoms with van der Waals surface area (Å²) in [7, 11) is 4.08. The van der Waals surface area contributed by atoms with Gasteiger partial charge in [0.2, 0.25) is 0 Å². The first-order chi connectivity index (χ1) is 7.56. The van der Waals surface area contributed by atoms with E-state index >= 15 is 0 Å². The lowest BCUT2D eigenvalue weighted by Crippen LogP contribution is -2.30. The molecule has 0 aliphatic carbocycles. The van der Waals surface area contributed by atoms with Crippen LogP contribution in [0.3, 0.4) is 0 Å². The normalized spacial score (nSPS) is 15.1. The lowest BCUT2D eigenvalue weighted by molar-refractivity contribution is 0.404. The van der Waals surface area contributed by atoms with Crippen molar-refractivity contribution in [2.45, 2.75) is 46.1 Å². The van der Waals surface area contributed by atoms with Gasteiger partial charge in [0.25, 0.3) is 0 Å². The maximum atomic E-state index is 4.39. The number of likely N-dealkylation sites (N-methyl/N-ethyl adjacent to an activating group) is 1. The van der Waals surface area contributed by atoms with Gasteiger partial charge in [-0.2, -0.15) is 5.10 Å². The van der Waals surface area contributed by atoms with E-state index in [-0.39, 0.29) is 0 Å². The van der Waals surface area contributed by atoms with E-state index < -0.39 is 0 Å². The average Bonchev–Trinajstić information content (AvgIpc) is 2.56. The molecule has 1 N–H and O–H groups in total. The highest BCUT2D eigenvalue weighted by Crippen LogP contribution is 2.14. The lowest BCUT2D eigenvalue weighted by atomic mass is 9.96. The predicted octanol–water partition coefficient (Wildman–Crippen LogP) is 2.30. The summed E-state index contributed by atoms with van der Waals surface area (Å²) < 4.78 is 2.00. The molecule has 0 aromatic carbocycles. The van der Waals surface area contributed by atoms with Gasteiger partial charge in [-0.05, 0) is 32.4 Å². The van der Waals surface area contributed by atoms with E-state index in [2.05, 4.69) is 37.4 Å². The number of aryl methyl sites for hydroxylation is 2. The molecule has 0 amide bonds. The third-order valence-corrected chi connectivity index (χ3v) is 3.35. The second-order valence-electron chi connectivity index (χ2n) is 4.84. The topological polar surface area (TPSA) is 29.9 Å². The minimum atomic E-state index is 0.560. The SMILES string of the molecule is CCC(C)CC(Cc1cc(C)nn1C)NC. The Kier molecular flexibility index (Phi) is 5.00. The van der Waals surface area contributed by atoms with E-state index in [0.29, 0.717) is 6.04 Å². The standard InChI is InChI=1S/C13H25N3/c1-6-10(2)7-12(14-4)9-13-8-11(3)15-16(13)5/h8,10,12,14H,6-7,9H2,1-5H3. The van der Waals surface area contributed by atoms with E-state index in [0.717, 1.165) is 18.0 Å². The monoisotopic (exact) mass is 223 g/mol. The van der Waals surface area contributed by atoms with Crippen LogP contribution in [0, 0.1) is 12.8 Å². The van der Waals surface area contributed by atoms with Crippen LogP contribution in [0.25, 0.3) is 0 Å². The Hall–Kier alpha value is -0.830. The zero-order valence-corrected chi connectivity index (χ0v) is 11.2. The summed E-state index contributed by atoms with van der Waals surface area (Å²) in [5, 5.41) is 7.80. The van der Waals surface area contributed by atoms with Crippen LogP contribution in [0.2, 0.25) is 0 Å². The largest absolute Gasteiger partial charge is 0.317 e. The van der Waals surface area contributed by atoms with Gasteiger partial charge in [0, 0.05) is 25.2 Å². The van der Waals surface area contributed by atoms with Crippen molar-refractivity contribution in [1.29, 1.82) is 0 Å². The summed E-state index contributed by atoms with van der Waals surface area (Å²) in [4.78, 5) is 0. The molecule has 0 fully saturated rings. The molecule has 92 valence electrons. The molecule has 0 radical (unpaired) electrons. The minimum Gasteiger partial charge on any atom is -0.317 e. The fourth-order valence-electron chi connectivity index (χ4n) is 2.06. The van der Waals surface area contributed by atoms with Crippen molar-refractivity contribution >= 4 is 0 Å². The van der Waals surface area contributed by atoms with Crippen LogP contribution in [-0.2, 0) is 13.5 Å². The highest BCUT2D eigenvalue weighted by atomic mass is 15.3. The second-order valence-corrected chi connectivity index (χ2v) is 4.84. The maximum absolute atomic E-state index is 4.39. The van der Waals surface area contributed by atoms with Gasteiger partial charge in [-0.15, -0.1) is 0 Å². The predicted molar refractivity (Wildman–Crippen MR) is 68.6 cm³/mol. The number of aromatic nitrogens is 2. The van der Waals surface area contributed by atoms with Crippen molar-refractivity contribution in [2.24, 2.45) is 13.0 Å². The third-order valence-electron chi connectivity index (χ3n) is 3.35. The molecule has 0 aliphatic heterocycles. The Labute approximate surface area is 99.2 Å². The van der Waals surface area contributed by atoms with Gasteiger partial charge in [-0.1, -0.05) is 20.3 Å². The summed E-state index contributed by atoms with van der Waals surface area (Å²) in [5.74, 6) is 0.784. The van der Waals surface area contributed by atoms with Gasteiger partial charge in [0.15, 0.2) is 0 Å². The van der Waals surface area contributed by atoms with Crippen LogP contribution >= 0.6 is 0 Å². The van der Waals surface area contributed by atoms with Crippen LogP contribution in [-0.4, -0.2) is 22.9 Å². The molecule has 0 spiro atoms. The molecule has 16 heavy (non-hydrogen) atoms. The number of nitrogens with zero attached hydrogens (tertiary/aromatic N) is 2. The first-order valence-corrected chi connectivity index (χ1v) is 6.23.